The van der Waals surface area contributed by atoms with E-state index < -0.39 is 5.60 Å². The molecule has 5 nitrogen and oxygen atoms in total. The Morgan fingerprint density at radius 1 is 1.00 bits per heavy atom. The van der Waals surface area contributed by atoms with Crippen LogP contribution in [0.15, 0.2) is 72.9 Å². The Morgan fingerprint density at radius 2 is 1.72 bits per heavy atom. The standard InChI is InChI=1S/C31H33N3O2/c1-30(2,3)36-29(35)33-31(17-7-18-31)25-14-12-22(13-15-25)27-28(23-8-5-4-6-9-23)34-19-16-24(21-10-11-21)20-26(34)32-27/h4-6,8-9,12-16,19-21H,7,10-11,17-18H2,1-3H3,(H,33,35). The van der Waals surface area contributed by atoms with Crippen molar-refractivity contribution in [3.05, 3.63) is 84.1 Å². The van der Waals surface area contributed by atoms with Crippen LogP contribution >= 0.6 is 0 Å². The summed E-state index contributed by atoms with van der Waals surface area (Å²) in [5, 5.41) is 3.16. The van der Waals surface area contributed by atoms with E-state index in [0.717, 1.165) is 53.0 Å². The minimum Gasteiger partial charge on any atom is -0.444 e. The molecule has 0 bridgehead atoms. The van der Waals surface area contributed by atoms with Gasteiger partial charge in [-0.1, -0.05) is 54.6 Å². The SMILES string of the molecule is CC(C)(C)OC(=O)NC1(c2ccc(-c3nc4cc(C5CC5)ccn4c3-c3ccccc3)cc2)CCC1. The van der Waals surface area contributed by atoms with Gasteiger partial charge in [0.05, 0.1) is 16.9 Å². The summed E-state index contributed by atoms with van der Waals surface area (Å²) < 4.78 is 7.76. The van der Waals surface area contributed by atoms with Gasteiger partial charge in [-0.2, -0.15) is 0 Å². The zero-order valence-corrected chi connectivity index (χ0v) is 21.3. The van der Waals surface area contributed by atoms with E-state index in [2.05, 4.69) is 76.6 Å². The number of carbonyl (C=O) groups is 1. The van der Waals surface area contributed by atoms with Crippen LogP contribution in [0.1, 0.15) is 69.9 Å². The lowest BCUT2D eigenvalue weighted by molar-refractivity contribution is 0.0377. The largest absolute Gasteiger partial charge is 0.444 e. The number of imidazole rings is 1. The molecule has 1 amide bonds. The third-order valence-corrected chi connectivity index (χ3v) is 7.40. The molecule has 2 heterocycles. The molecule has 0 unspecified atom stereocenters. The summed E-state index contributed by atoms with van der Waals surface area (Å²) in [4.78, 5) is 17.7. The molecule has 2 aliphatic rings. The number of aromatic nitrogens is 2. The molecule has 0 radical (unpaired) electrons. The topological polar surface area (TPSA) is 55.6 Å². The van der Waals surface area contributed by atoms with E-state index in [-0.39, 0.29) is 11.6 Å². The summed E-state index contributed by atoms with van der Waals surface area (Å²) in [5.74, 6) is 0.686. The van der Waals surface area contributed by atoms with E-state index in [9.17, 15) is 4.79 Å². The second kappa shape index (κ2) is 8.51. The van der Waals surface area contributed by atoms with Gasteiger partial charge in [0.2, 0.25) is 0 Å². The first-order chi connectivity index (χ1) is 17.3. The Hall–Kier alpha value is -3.60. The van der Waals surface area contributed by atoms with Crippen molar-refractivity contribution in [1.82, 2.24) is 14.7 Å². The maximum absolute atomic E-state index is 12.6. The Morgan fingerprint density at radius 3 is 2.33 bits per heavy atom. The van der Waals surface area contributed by atoms with Crippen molar-refractivity contribution in [3.63, 3.8) is 0 Å². The van der Waals surface area contributed by atoms with Gasteiger partial charge in [-0.25, -0.2) is 9.78 Å². The summed E-state index contributed by atoms with van der Waals surface area (Å²) in [6.07, 6.45) is 7.28. The van der Waals surface area contributed by atoms with Gasteiger partial charge in [0.15, 0.2) is 0 Å². The number of nitrogens with zero attached hydrogens (tertiary/aromatic N) is 2. The predicted molar refractivity (Wildman–Crippen MR) is 143 cm³/mol. The first kappa shape index (κ1) is 22.8. The fraction of sp³-hybridized carbons (Fsp3) is 0.355. The van der Waals surface area contributed by atoms with E-state index in [0.29, 0.717) is 5.92 Å². The van der Waals surface area contributed by atoms with Gasteiger partial charge < -0.3 is 10.1 Å². The second-order valence-corrected chi connectivity index (χ2v) is 11.3. The van der Waals surface area contributed by atoms with Crippen molar-refractivity contribution in [2.45, 2.75) is 69.9 Å². The van der Waals surface area contributed by atoms with Crippen molar-refractivity contribution >= 4 is 11.7 Å². The van der Waals surface area contributed by atoms with Crippen LogP contribution in [0.3, 0.4) is 0 Å². The quantitative estimate of drug-likeness (QED) is 0.323. The number of pyridine rings is 1. The molecule has 4 aromatic rings. The van der Waals surface area contributed by atoms with E-state index in [1.807, 2.05) is 26.8 Å². The molecule has 0 atom stereocenters. The fourth-order valence-electron chi connectivity index (χ4n) is 5.27. The van der Waals surface area contributed by atoms with Crippen LogP contribution in [-0.4, -0.2) is 21.1 Å². The third kappa shape index (κ3) is 4.27. The number of carbonyl (C=O) groups excluding carboxylic acids is 1. The molecule has 1 N–H and O–H groups in total. The number of alkyl carbamates (subject to hydrolysis) is 1. The monoisotopic (exact) mass is 479 g/mol. The fourth-order valence-corrected chi connectivity index (χ4v) is 5.27. The minimum absolute atomic E-state index is 0.357. The summed E-state index contributed by atoms with van der Waals surface area (Å²) in [6, 6.07) is 23.5. The smallest absolute Gasteiger partial charge is 0.408 e. The molecule has 5 heteroatoms. The minimum atomic E-state index is -0.519. The zero-order valence-electron chi connectivity index (χ0n) is 21.3. The number of rotatable bonds is 5. The lowest BCUT2D eigenvalue weighted by Crippen LogP contribution is -2.52. The average molecular weight is 480 g/mol. The highest BCUT2D eigenvalue weighted by molar-refractivity contribution is 5.82. The Balaban J connectivity index is 1.37. The Kier molecular flexibility index (Phi) is 5.40. The number of hydrogen-bond donors (Lipinski definition) is 1. The van der Waals surface area contributed by atoms with E-state index in [1.165, 1.54) is 18.4 Å². The number of amides is 1. The number of fused-ring (bicyclic) bond motifs is 1. The summed E-state index contributed by atoms with van der Waals surface area (Å²) >= 11 is 0. The lowest BCUT2D eigenvalue weighted by atomic mass is 9.71. The Labute approximate surface area is 212 Å². The van der Waals surface area contributed by atoms with Crippen LogP contribution in [0.4, 0.5) is 4.79 Å². The van der Waals surface area contributed by atoms with Crippen LogP contribution in [-0.2, 0) is 10.3 Å². The third-order valence-electron chi connectivity index (χ3n) is 7.40. The predicted octanol–water partition coefficient (Wildman–Crippen LogP) is 7.45. The van der Waals surface area contributed by atoms with Gasteiger partial charge in [-0.3, -0.25) is 4.40 Å². The van der Waals surface area contributed by atoms with E-state index in [1.54, 1.807) is 0 Å². The highest BCUT2D eigenvalue weighted by Gasteiger charge is 2.41. The van der Waals surface area contributed by atoms with Gasteiger partial charge in [0.25, 0.3) is 0 Å². The molecule has 6 rings (SSSR count). The van der Waals surface area contributed by atoms with Crippen molar-refractivity contribution in [2.24, 2.45) is 0 Å². The first-order valence-electron chi connectivity index (χ1n) is 13.0. The van der Waals surface area contributed by atoms with E-state index in [4.69, 9.17) is 9.72 Å². The number of nitrogens with one attached hydrogen (secondary N) is 1. The van der Waals surface area contributed by atoms with Crippen LogP contribution in [0.25, 0.3) is 28.2 Å². The zero-order chi connectivity index (χ0) is 24.9. The lowest BCUT2D eigenvalue weighted by Gasteiger charge is -2.43. The number of benzene rings is 2. The first-order valence-corrected chi connectivity index (χ1v) is 13.0. The van der Waals surface area contributed by atoms with Crippen molar-refractivity contribution in [2.75, 3.05) is 0 Å². The summed E-state index contributed by atoms with van der Waals surface area (Å²) in [6.45, 7) is 5.67. The van der Waals surface area contributed by atoms with Crippen molar-refractivity contribution in [3.8, 4) is 22.5 Å². The molecular weight excluding hydrogens is 446 g/mol. The Bertz CT molecular complexity index is 1410. The molecule has 2 aliphatic carbocycles. The van der Waals surface area contributed by atoms with Crippen LogP contribution < -0.4 is 5.32 Å². The van der Waals surface area contributed by atoms with Crippen LogP contribution in [0.5, 0.6) is 0 Å². The maximum atomic E-state index is 12.6. The highest BCUT2D eigenvalue weighted by atomic mass is 16.6. The van der Waals surface area contributed by atoms with Crippen molar-refractivity contribution in [1.29, 1.82) is 0 Å². The van der Waals surface area contributed by atoms with Gasteiger partial charge in [0.1, 0.15) is 11.2 Å². The summed E-state index contributed by atoms with van der Waals surface area (Å²) in [7, 11) is 0. The maximum Gasteiger partial charge on any atom is 0.408 e. The molecule has 0 spiro atoms. The van der Waals surface area contributed by atoms with Crippen molar-refractivity contribution < 1.29 is 9.53 Å². The van der Waals surface area contributed by atoms with Gasteiger partial charge in [0, 0.05) is 17.3 Å². The highest BCUT2D eigenvalue weighted by Crippen LogP contribution is 2.43. The molecular formula is C31H33N3O2. The number of hydrogen-bond acceptors (Lipinski definition) is 3. The molecule has 2 saturated carbocycles. The summed E-state index contributed by atoms with van der Waals surface area (Å²) in [5.41, 5.74) is 6.90. The van der Waals surface area contributed by atoms with Crippen LogP contribution in [0, 0.1) is 0 Å². The molecule has 36 heavy (non-hydrogen) atoms. The molecule has 0 saturated heterocycles. The molecule has 0 aliphatic heterocycles. The number of ether oxygens (including phenoxy) is 1. The molecule has 2 aromatic carbocycles. The van der Waals surface area contributed by atoms with Gasteiger partial charge in [-0.15, -0.1) is 0 Å². The average Bonchev–Trinajstić information content (AvgIpc) is 3.61. The molecule has 2 aromatic heterocycles. The van der Waals surface area contributed by atoms with Crippen LogP contribution in [0.2, 0.25) is 0 Å². The van der Waals surface area contributed by atoms with Gasteiger partial charge in [-0.05, 0) is 82.1 Å². The van der Waals surface area contributed by atoms with E-state index >= 15 is 0 Å². The molecule has 2 fully saturated rings. The second-order valence-electron chi connectivity index (χ2n) is 11.3. The van der Waals surface area contributed by atoms with Gasteiger partial charge >= 0.3 is 6.09 Å². The molecule has 184 valence electrons. The normalized spacial score (nSPS) is 17.0.